The Hall–Kier alpha value is -0.422. The monoisotopic (exact) mass is 198 g/mol. The van der Waals surface area contributed by atoms with Crippen LogP contribution in [0.25, 0.3) is 0 Å². The first-order valence-corrected chi connectivity index (χ1v) is 4.65. The second-order valence-electron chi connectivity index (χ2n) is 2.35. The van der Waals surface area contributed by atoms with Crippen molar-refractivity contribution >= 4 is 16.9 Å². The van der Waals surface area contributed by atoms with Crippen LogP contribution < -0.4 is 0 Å². The Morgan fingerprint density at radius 2 is 2.00 bits per heavy atom. The van der Waals surface area contributed by atoms with Gasteiger partial charge in [0.05, 0.1) is 0 Å². The molecule has 0 heterocycles. The van der Waals surface area contributed by atoms with E-state index in [0.717, 1.165) is 5.56 Å². The van der Waals surface area contributed by atoms with Crippen LogP contribution in [-0.2, 0) is 0 Å². The van der Waals surface area contributed by atoms with Gasteiger partial charge in [0.15, 0.2) is 0 Å². The van der Waals surface area contributed by atoms with E-state index in [-0.39, 0.29) is 0 Å². The van der Waals surface area contributed by atoms with Crippen molar-refractivity contribution in [2.24, 2.45) is 0 Å². The minimum absolute atomic E-state index is 0.416. The van der Waals surface area contributed by atoms with E-state index in [2.05, 4.69) is 6.92 Å². The standard InChI is InChI=1S/C8H11AsO/c1-6(9)7-4-2-3-5-8(7)10/h2-6,10H,9H2,1H3. The molecule has 0 amide bonds. The third kappa shape index (κ3) is 1.54. The maximum atomic E-state index is 9.29. The van der Waals surface area contributed by atoms with Crippen molar-refractivity contribution in [2.45, 2.75) is 11.6 Å². The molecular weight excluding hydrogens is 187 g/mol. The van der Waals surface area contributed by atoms with Gasteiger partial charge in [-0.1, -0.05) is 0 Å². The summed E-state index contributed by atoms with van der Waals surface area (Å²) in [4.78, 5) is 0. The van der Waals surface area contributed by atoms with Gasteiger partial charge in [-0.25, -0.2) is 0 Å². The Labute approximate surface area is 69.6 Å². The minimum atomic E-state index is 0.416. The molecule has 0 aliphatic rings. The number of aromatic hydroxyl groups is 1. The molecule has 0 aromatic heterocycles. The van der Waals surface area contributed by atoms with Crippen LogP contribution in [0.5, 0.6) is 5.75 Å². The van der Waals surface area contributed by atoms with Gasteiger partial charge in [-0.3, -0.25) is 0 Å². The summed E-state index contributed by atoms with van der Waals surface area (Å²) in [5, 5.41) is 9.29. The van der Waals surface area contributed by atoms with Crippen molar-refractivity contribution in [3.8, 4) is 5.75 Å². The van der Waals surface area contributed by atoms with Gasteiger partial charge in [-0.2, -0.15) is 0 Å². The number of benzene rings is 1. The zero-order chi connectivity index (χ0) is 7.56. The van der Waals surface area contributed by atoms with Gasteiger partial charge in [0.1, 0.15) is 0 Å². The van der Waals surface area contributed by atoms with E-state index < -0.39 is 0 Å². The summed E-state index contributed by atoms with van der Waals surface area (Å²) in [6.45, 7) is 2.09. The molecular formula is C8H11AsO. The van der Waals surface area contributed by atoms with Crippen LogP contribution in [0.2, 0.25) is 0 Å². The normalized spacial score (nSPS) is 13.0. The Morgan fingerprint density at radius 3 is 2.40 bits per heavy atom. The summed E-state index contributed by atoms with van der Waals surface area (Å²) in [5.74, 6) is 0.416. The van der Waals surface area contributed by atoms with E-state index in [1.807, 2.05) is 18.2 Å². The molecule has 2 unspecified atom stereocenters. The van der Waals surface area contributed by atoms with Crippen molar-refractivity contribution in [3.05, 3.63) is 29.8 Å². The van der Waals surface area contributed by atoms with Crippen molar-refractivity contribution in [1.82, 2.24) is 0 Å². The molecule has 1 N–H and O–H groups in total. The molecule has 0 bridgehead atoms. The van der Waals surface area contributed by atoms with Crippen LogP contribution in [-0.4, -0.2) is 22.0 Å². The first kappa shape index (κ1) is 7.68. The average Bonchev–Trinajstić information content (AvgIpc) is 1.88. The molecule has 0 fully saturated rings. The SMILES string of the molecule is CC([AsH2])c1ccccc1O. The van der Waals surface area contributed by atoms with Crippen LogP contribution in [0.4, 0.5) is 0 Å². The summed E-state index contributed by atoms with van der Waals surface area (Å²) in [5.41, 5.74) is 1.04. The van der Waals surface area contributed by atoms with E-state index in [1.54, 1.807) is 22.9 Å². The Kier molecular flexibility index (Phi) is 2.39. The fourth-order valence-electron chi connectivity index (χ4n) is 0.873. The number of hydrogen-bond acceptors (Lipinski definition) is 1. The van der Waals surface area contributed by atoms with Crippen LogP contribution >= 0.6 is 0 Å². The quantitative estimate of drug-likeness (QED) is 0.669. The van der Waals surface area contributed by atoms with Crippen molar-refractivity contribution in [2.75, 3.05) is 0 Å². The predicted octanol–water partition coefficient (Wildman–Crippen LogP) is 1.09. The van der Waals surface area contributed by atoms with Crippen molar-refractivity contribution in [3.63, 3.8) is 0 Å². The molecule has 10 heavy (non-hydrogen) atoms. The number of phenolic OH excluding ortho intramolecular Hbond substituents is 1. The van der Waals surface area contributed by atoms with Crippen LogP contribution in [0.15, 0.2) is 24.3 Å². The molecule has 54 valence electrons. The van der Waals surface area contributed by atoms with Gasteiger partial charge in [-0.05, 0) is 0 Å². The van der Waals surface area contributed by atoms with Gasteiger partial charge >= 0.3 is 69.2 Å². The maximum absolute atomic E-state index is 9.29. The number of rotatable bonds is 1. The second kappa shape index (κ2) is 3.11. The van der Waals surface area contributed by atoms with Crippen molar-refractivity contribution < 1.29 is 5.11 Å². The third-order valence-corrected chi connectivity index (χ3v) is 2.18. The summed E-state index contributed by atoms with van der Waals surface area (Å²) in [7, 11) is 0. The average molecular weight is 198 g/mol. The first-order valence-electron chi connectivity index (χ1n) is 3.25. The van der Waals surface area contributed by atoms with E-state index in [4.69, 9.17) is 0 Å². The molecule has 0 spiro atoms. The molecule has 2 atom stereocenters. The Balaban J connectivity index is 3.03. The number of phenols is 1. The molecule has 0 aliphatic carbocycles. The zero-order valence-corrected chi connectivity index (χ0v) is 8.33. The van der Waals surface area contributed by atoms with Gasteiger partial charge < -0.3 is 0 Å². The molecule has 0 radical (unpaired) electrons. The summed E-state index contributed by atoms with van der Waals surface area (Å²) in [6, 6.07) is 7.48. The molecule has 0 saturated carbocycles. The topological polar surface area (TPSA) is 20.2 Å². The third-order valence-electron chi connectivity index (χ3n) is 1.43. The summed E-state index contributed by atoms with van der Waals surface area (Å²) >= 11 is 1.63. The molecule has 0 saturated heterocycles. The Bertz CT molecular complexity index is 220. The summed E-state index contributed by atoms with van der Waals surface area (Å²) in [6.07, 6.45) is 0. The van der Waals surface area contributed by atoms with Gasteiger partial charge in [0.25, 0.3) is 0 Å². The van der Waals surface area contributed by atoms with Gasteiger partial charge in [0, 0.05) is 0 Å². The molecule has 0 aliphatic heterocycles. The van der Waals surface area contributed by atoms with Crippen LogP contribution in [0, 0.1) is 0 Å². The van der Waals surface area contributed by atoms with Crippen LogP contribution in [0.1, 0.15) is 17.2 Å². The number of hydrogen-bond donors (Lipinski definition) is 1. The van der Waals surface area contributed by atoms with E-state index in [0.29, 0.717) is 10.5 Å². The Morgan fingerprint density at radius 1 is 1.40 bits per heavy atom. The van der Waals surface area contributed by atoms with Crippen molar-refractivity contribution in [1.29, 1.82) is 0 Å². The zero-order valence-electron chi connectivity index (χ0n) is 5.91. The van der Waals surface area contributed by atoms with E-state index in [9.17, 15) is 5.11 Å². The fraction of sp³-hybridized carbons (Fsp3) is 0.250. The fourth-order valence-corrected chi connectivity index (χ4v) is 1.46. The second-order valence-corrected chi connectivity index (χ2v) is 4.45. The molecule has 1 aromatic rings. The van der Waals surface area contributed by atoms with E-state index in [1.165, 1.54) is 0 Å². The molecule has 1 rings (SSSR count). The molecule has 1 nitrogen and oxygen atoms in total. The summed E-state index contributed by atoms with van der Waals surface area (Å²) < 4.78 is 0.466. The van der Waals surface area contributed by atoms with Gasteiger partial charge in [0.2, 0.25) is 0 Å². The first-order chi connectivity index (χ1) is 4.72. The van der Waals surface area contributed by atoms with Gasteiger partial charge in [-0.15, -0.1) is 0 Å². The number of para-hydroxylation sites is 1. The predicted molar refractivity (Wildman–Crippen MR) is 45.1 cm³/mol. The van der Waals surface area contributed by atoms with E-state index >= 15 is 0 Å². The van der Waals surface area contributed by atoms with Crippen LogP contribution in [0.3, 0.4) is 0 Å². The molecule has 1 aromatic carbocycles. The molecule has 2 heteroatoms.